The topological polar surface area (TPSA) is 62.5 Å². The molecule has 134 valence electrons. The van der Waals surface area contributed by atoms with Gasteiger partial charge in [-0.05, 0) is 24.6 Å². The molecule has 1 aliphatic rings. The van der Waals surface area contributed by atoms with Gasteiger partial charge >= 0.3 is 0 Å². The third-order valence-corrected chi connectivity index (χ3v) is 4.64. The second-order valence-corrected chi connectivity index (χ2v) is 6.30. The molecule has 0 radical (unpaired) electrons. The predicted octanol–water partition coefficient (Wildman–Crippen LogP) is 2.22. The zero-order valence-corrected chi connectivity index (χ0v) is 14.6. The van der Waals surface area contributed by atoms with Crippen LogP contribution in [0, 0.1) is 5.82 Å². The molecule has 1 aliphatic heterocycles. The van der Waals surface area contributed by atoms with Crippen LogP contribution in [0.4, 0.5) is 4.39 Å². The lowest BCUT2D eigenvalue weighted by atomic mass is 10.1. The number of halogens is 1. The highest BCUT2D eigenvalue weighted by atomic mass is 19.1. The molecule has 2 heterocycles. The van der Waals surface area contributed by atoms with Crippen LogP contribution in [-0.4, -0.2) is 52.0 Å². The number of benzene rings is 1. The lowest BCUT2D eigenvalue weighted by molar-refractivity contribution is -0.132. The van der Waals surface area contributed by atoms with Crippen LogP contribution in [0.15, 0.2) is 28.8 Å². The highest BCUT2D eigenvalue weighted by molar-refractivity contribution is 5.78. The summed E-state index contributed by atoms with van der Waals surface area (Å²) in [5, 5.41) is 3.94. The Bertz CT molecular complexity index is 708. The highest BCUT2D eigenvalue weighted by Crippen LogP contribution is 2.20. The Kier molecular flexibility index (Phi) is 5.43. The molecule has 2 aromatic rings. The summed E-state index contributed by atoms with van der Waals surface area (Å²) in [5.41, 5.74) is 0.833. The van der Waals surface area contributed by atoms with Crippen molar-refractivity contribution < 1.29 is 13.7 Å². The van der Waals surface area contributed by atoms with Crippen molar-refractivity contribution in [1.29, 1.82) is 0 Å². The Morgan fingerprint density at radius 1 is 1.24 bits per heavy atom. The number of piperazine rings is 1. The maximum Gasteiger partial charge on any atom is 0.243 e. The summed E-state index contributed by atoms with van der Waals surface area (Å²) in [5.74, 6) is 1.13. The minimum Gasteiger partial charge on any atom is -0.340 e. The molecule has 1 atom stereocenters. The van der Waals surface area contributed by atoms with E-state index in [0.717, 1.165) is 30.9 Å². The minimum absolute atomic E-state index is 0.0437. The van der Waals surface area contributed by atoms with Gasteiger partial charge in [0, 0.05) is 32.6 Å². The number of carbonyl (C=O) groups is 1. The molecule has 0 spiro atoms. The smallest absolute Gasteiger partial charge is 0.243 e. The Balaban J connectivity index is 1.52. The average Bonchev–Trinajstić information content (AvgIpc) is 3.12. The summed E-state index contributed by atoms with van der Waals surface area (Å²) in [7, 11) is 0. The summed E-state index contributed by atoms with van der Waals surface area (Å²) >= 11 is 0. The van der Waals surface area contributed by atoms with Crippen molar-refractivity contribution in [2.75, 3.05) is 26.2 Å². The molecule has 1 amide bonds. The molecular formula is C18H23FN4O2. The first kappa shape index (κ1) is 17.5. The fourth-order valence-electron chi connectivity index (χ4n) is 2.98. The van der Waals surface area contributed by atoms with Crippen LogP contribution in [0.1, 0.15) is 37.2 Å². The summed E-state index contributed by atoms with van der Waals surface area (Å²) in [6.45, 7) is 6.90. The summed E-state index contributed by atoms with van der Waals surface area (Å²) in [6.07, 6.45) is 1.06. The normalized spacial score (nSPS) is 16.8. The zero-order chi connectivity index (χ0) is 17.8. The van der Waals surface area contributed by atoms with Crippen LogP contribution in [-0.2, 0) is 17.6 Å². The zero-order valence-electron chi connectivity index (χ0n) is 14.6. The van der Waals surface area contributed by atoms with Crippen LogP contribution in [0.3, 0.4) is 0 Å². The number of rotatable bonds is 5. The monoisotopic (exact) mass is 346 g/mol. The van der Waals surface area contributed by atoms with Crippen molar-refractivity contribution in [3.05, 3.63) is 47.4 Å². The third kappa shape index (κ3) is 4.22. The van der Waals surface area contributed by atoms with Crippen LogP contribution >= 0.6 is 0 Å². The molecule has 1 fully saturated rings. The molecule has 3 rings (SSSR count). The molecule has 0 N–H and O–H groups in total. The Hall–Kier alpha value is -2.28. The van der Waals surface area contributed by atoms with E-state index < -0.39 is 0 Å². The summed E-state index contributed by atoms with van der Waals surface area (Å²) in [6, 6.07) is 6.13. The number of nitrogens with zero attached hydrogens (tertiary/aromatic N) is 4. The molecule has 7 heteroatoms. The van der Waals surface area contributed by atoms with Gasteiger partial charge in [-0.1, -0.05) is 24.2 Å². The lowest BCUT2D eigenvalue weighted by Gasteiger charge is -2.36. The van der Waals surface area contributed by atoms with Crippen LogP contribution in [0.2, 0.25) is 0 Å². The molecule has 6 nitrogen and oxygen atoms in total. The SMILES string of the molecule is CCc1noc([C@H](C)N2CCN(C(=O)Cc3ccc(F)cc3)CC2)n1. The number of carbonyl (C=O) groups excluding carboxylic acids is 1. The molecule has 0 aliphatic carbocycles. The van der Waals surface area contributed by atoms with Gasteiger partial charge in [-0.15, -0.1) is 0 Å². The molecule has 0 unspecified atom stereocenters. The van der Waals surface area contributed by atoms with E-state index in [1.165, 1.54) is 12.1 Å². The van der Waals surface area contributed by atoms with E-state index in [1.54, 1.807) is 12.1 Å². The molecule has 1 saturated heterocycles. The van der Waals surface area contributed by atoms with E-state index in [-0.39, 0.29) is 17.8 Å². The van der Waals surface area contributed by atoms with E-state index in [0.29, 0.717) is 25.4 Å². The maximum atomic E-state index is 12.9. The Morgan fingerprint density at radius 3 is 2.52 bits per heavy atom. The molecule has 0 bridgehead atoms. The van der Waals surface area contributed by atoms with Crippen LogP contribution in [0.25, 0.3) is 0 Å². The van der Waals surface area contributed by atoms with Crippen molar-refractivity contribution in [3.63, 3.8) is 0 Å². The molecule has 0 saturated carbocycles. The van der Waals surface area contributed by atoms with E-state index in [4.69, 9.17) is 4.52 Å². The first-order chi connectivity index (χ1) is 12.1. The highest BCUT2D eigenvalue weighted by Gasteiger charge is 2.27. The summed E-state index contributed by atoms with van der Waals surface area (Å²) < 4.78 is 18.3. The first-order valence-corrected chi connectivity index (χ1v) is 8.65. The largest absolute Gasteiger partial charge is 0.340 e. The number of aryl methyl sites for hydroxylation is 1. The van der Waals surface area contributed by atoms with Gasteiger partial charge in [-0.25, -0.2) is 4.39 Å². The second kappa shape index (κ2) is 7.74. The van der Waals surface area contributed by atoms with Crippen molar-refractivity contribution in [3.8, 4) is 0 Å². The minimum atomic E-state index is -0.286. The van der Waals surface area contributed by atoms with Gasteiger partial charge in [0.2, 0.25) is 11.8 Å². The maximum absolute atomic E-state index is 12.9. The quantitative estimate of drug-likeness (QED) is 0.831. The Morgan fingerprint density at radius 2 is 1.92 bits per heavy atom. The second-order valence-electron chi connectivity index (χ2n) is 6.30. The summed E-state index contributed by atoms with van der Waals surface area (Å²) in [4.78, 5) is 20.9. The molecular weight excluding hydrogens is 323 g/mol. The van der Waals surface area contributed by atoms with Crippen molar-refractivity contribution >= 4 is 5.91 Å². The van der Waals surface area contributed by atoms with Crippen molar-refractivity contribution in [2.45, 2.75) is 32.7 Å². The van der Waals surface area contributed by atoms with E-state index in [2.05, 4.69) is 15.0 Å². The molecule has 1 aromatic carbocycles. The average molecular weight is 346 g/mol. The van der Waals surface area contributed by atoms with Gasteiger partial charge in [-0.2, -0.15) is 4.98 Å². The number of hydrogen-bond acceptors (Lipinski definition) is 5. The number of amides is 1. The van der Waals surface area contributed by atoms with Gasteiger partial charge in [0.15, 0.2) is 5.82 Å². The van der Waals surface area contributed by atoms with E-state index >= 15 is 0 Å². The van der Waals surface area contributed by atoms with Crippen LogP contribution < -0.4 is 0 Å². The van der Waals surface area contributed by atoms with Gasteiger partial charge < -0.3 is 9.42 Å². The van der Waals surface area contributed by atoms with Crippen molar-refractivity contribution in [2.24, 2.45) is 0 Å². The fourth-order valence-corrected chi connectivity index (χ4v) is 2.98. The molecule has 25 heavy (non-hydrogen) atoms. The number of aromatic nitrogens is 2. The van der Waals surface area contributed by atoms with Gasteiger partial charge in [-0.3, -0.25) is 9.69 Å². The Labute approximate surface area is 146 Å². The number of hydrogen-bond donors (Lipinski definition) is 0. The first-order valence-electron chi connectivity index (χ1n) is 8.65. The van der Waals surface area contributed by atoms with Gasteiger partial charge in [0.05, 0.1) is 12.5 Å². The molecule has 1 aromatic heterocycles. The fraction of sp³-hybridized carbons (Fsp3) is 0.500. The van der Waals surface area contributed by atoms with E-state index in [9.17, 15) is 9.18 Å². The van der Waals surface area contributed by atoms with Gasteiger partial charge in [0.1, 0.15) is 5.82 Å². The standard InChI is InChI=1S/C18H23FN4O2/c1-3-16-20-18(25-21-16)13(2)22-8-10-23(11-9-22)17(24)12-14-4-6-15(19)7-5-14/h4-7,13H,3,8-12H2,1-2H3/t13-/m0/s1. The van der Waals surface area contributed by atoms with Crippen molar-refractivity contribution in [1.82, 2.24) is 19.9 Å². The predicted molar refractivity (Wildman–Crippen MR) is 90.3 cm³/mol. The lowest BCUT2D eigenvalue weighted by Crippen LogP contribution is -2.49. The third-order valence-electron chi connectivity index (χ3n) is 4.64. The van der Waals surface area contributed by atoms with Gasteiger partial charge in [0.25, 0.3) is 0 Å². The van der Waals surface area contributed by atoms with Crippen LogP contribution in [0.5, 0.6) is 0 Å². The van der Waals surface area contributed by atoms with E-state index in [1.807, 2.05) is 18.7 Å².